The van der Waals surface area contributed by atoms with Crippen LogP contribution in [0.5, 0.6) is 0 Å². The first kappa shape index (κ1) is 13.0. The van der Waals surface area contributed by atoms with Crippen molar-refractivity contribution >= 4 is 5.78 Å². The quantitative estimate of drug-likeness (QED) is 0.700. The Bertz CT molecular complexity index is 383. The Morgan fingerprint density at radius 1 is 1.12 bits per heavy atom. The van der Waals surface area contributed by atoms with E-state index in [2.05, 4.69) is 32.0 Å². The highest BCUT2D eigenvalue weighted by Crippen LogP contribution is 2.24. The number of Topliss-reactive ketones (excluding diaryl/α,β-unsaturated/α-hetero) is 1. The molecule has 1 heteroatoms. The van der Waals surface area contributed by atoms with Gasteiger partial charge in [-0.3, -0.25) is 4.79 Å². The lowest BCUT2D eigenvalue weighted by Gasteiger charge is -2.19. The molecule has 0 aliphatic rings. The van der Waals surface area contributed by atoms with E-state index < -0.39 is 0 Å². The number of hydrogen-bond donors (Lipinski definition) is 0. The van der Waals surface area contributed by atoms with Crippen LogP contribution in [0.2, 0.25) is 0 Å². The van der Waals surface area contributed by atoms with Crippen LogP contribution in [0.25, 0.3) is 0 Å². The average molecular weight is 218 g/mol. The molecule has 1 aromatic rings. The third-order valence-electron chi connectivity index (χ3n) is 2.89. The fourth-order valence-electron chi connectivity index (χ4n) is 1.77. The van der Waals surface area contributed by atoms with E-state index >= 15 is 0 Å². The van der Waals surface area contributed by atoms with Crippen molar-refractivity contribution in [1.82, 2.24) is 0 Å². The summed E-state index contributed by atoms with van der Waals surface area (Å²) in [6.07, 6.45) is 1.90. The highest BCUT2D eigenvalue weighted by atomic mass is 16.1. The molecule has 0 spiro atoms. The summed E-state index contributed by atoms with van der Waals surface area (Å²) >= 11 is 0. The van der Waals surface area contributed by atoms with Gasteiger partial charge in [0.25, 0.3) is 0 Å². The van der Waals surface area contributed by atoms with Crippen molar-refractivity contribution in [2.24, 2.45) is 5.41 Å². The summed E-state index contributed by atoms with van der Waals surface area (Å²) in [5.41, 5.74) is 3.02. The molecule has 1 nitrogen and oxygen atoms in total. The van der Waals surface area contributed by atoms with Gasteiger partial charge in [0.15, 0.2) is 5.78 Å². The van der Waals surface area contributed by atoms with Crippen molar-refractivity contribution in [1.29, 1.82) is 0 Å². The first-order valence-corrected chi connectivity index (χ1v) is 6.06. The Morgan fingerprint density at radius 2 is 1.75 bits per heavy atom. The number of carbonyl (C=O) groups excluding carboxylic acids is 1. The van der Waals surface area contributed by atoms with Crippen LogP contribution >= 0.6 is 0 Å². The molecule has 0 aliphatic heterocycles. The van der Waals surface area contributed by atoms with Gasteiger partial charge in [0.1, 0.15) is 0 Å². The van der Waals surface area contributed by atoms with Gasteiger partial charge in [-0.05, 0) is 30.0 Å². The zero-order chi connectivity index (χ0) is 12.3. The molecule has 0 bridgehead atoms. The predicted molar refractivity (Wildman–Crippen MR) is 69.0 cm³/mol. The van der Waals surface area contributed by atoms with Crippen LogP contribution in [-0.4, -0.2) is 5.78 Å². The molecule has 1 aromatic carbocycles. The number of benzene rings is 1. The predicted octanol–water partition coefficient (Wildman–Crippen LogP) is 4.04. The molecular weight excluding hydrogens is 196 g/mol. The summed E-state index contributed by atoms with van der Waals surface area (Å²) in [7, 11) is 0. The lowest BCUT2D eigenvalue weighted by atomic mass is 9.83. The fourth-order valence-corrected chi connectivity index (χ4v) is 1.77. The Kier molecular flexibility index (Phi) is 3.90. The van der Waals surface area contributed by atoms with E-state index in [0.29, 0.717) is 0 Å². The minimum atomic E-state index is -0.295. The number of hydrogen-bond acceptors (Lipinski definition) is 1. The molecule has 88 valence electrons. The Balaban J connectivity index is 3.24. The third kappa shape index (κ3) is 2.72. The first-order chi connectivity index (χ1) is 7.40. The minimum Gasteiger partial charge on any atom is -0.294 e. The number of aryl methyl sites for hydroxylation is 2. The molecule has 0 radical (unpaired) electrons. The van der Waals surface area contributed by atoms with Crippen molar-refractivity contribution in [3.8, 4) is 0 Å². The van der Waals surface area contributed by atoms with E-state index in [1.54, 1.807) is 0 Å². The normalized spacial score (nSPS) is 11.6. The second-order valence-corrected chi connectivity index (χ2v) is 5.28. The van der Waals surface area contributed by atoms with Crippen LogP contribution in [0.15, 0.2) is 18.2 Å². The minimum absolute atomic E-state index is 0.250. The van der Waals surface area contributed by atoms with Gasteiger partial charge in [0.05, 0.1) is 0 Å². The Morgan fingerprint density at radius 3 is 2.19 bits per heavy atom. The molecule has 0 aromatic heterocycles. The van der Waals surface area contributed by atoms with Crippen LogP contribution < -0.4 is 0 Å². The zero-order valence-corrected chi connectivity index (χ0v) is 11.1. The highest BCUT2D eigenvalue weighted by molar-refractivity contribution is 6.01. The largest absolute Gasteiger partial charge is 0.294 e. The van der Waals surface area contributed by atoms with E-state index in [9.17, 15) is 4.79 Å². The standard InChI is InChI=1S/C15H22O/c1-6-11-8-9-12(7-2)13(10-11)14(16)15(3,4)5/h8-10H,6-7H2,1-5H3. The summed E-state index contributed by atoms with van der Waals surface area (Å²) in [5, 5.41) is 0. The van der Waals surface area contributed by atoms with E-state index in [0.717, 1.165) is 24.0 Å². The van der Waals surface area contributed by atoms with Gasteiger partial charge in [-0.1, -0.05) is 46.8 Å². The lowest BCUT2D eigenvalue weighted by Crippen LogP contribution is -2.21. The number of ketones is 1. The molecule has 0 heterocycles. The Hall–Kier alpha value is -1.11. The van der Waals surface area contributed by atoms with Gasteiger partial charge in [-0.2, -0.15) is 0 Å². The van der Waals surface area contributed by atoms with Crippen LogP contribution in [0, 0.1) is 5.41 Å². The van der Waals surface area contributed by atoms with Gasteiger partial charge in [0, 0.05) is 11.0 Å². The molecule has 0 unspecified atom stereocenters. The maximum Gasteiger partial charge on any atom is 0.168 e. The SMILES string of the molecule is CCc1ccc(CC)c(C(=O)C(C)(C)C)c1. The van der Waals surface area contributed by atoms with E-state index in [4.69, 9.17) is 0 Å². The van der Waals surface area contributed by atoms with Crippen LogP contribution in [0.1, 0.15) is 56.1 Å². The molecule has 0 fully saturated rings. The molecule has 1 rings (SSSR count). The second kappa shape index (κ2) is 4.82. The van der Waals surface area contributed by atoms with Gasteiger partial charge in [-0.25, -0.2) is 0 Å². The zero-order valence-electron chi connectivity index (χ0n) is 11.1. The smallest absolute Gasteiger partial charge is 0.168 e. The Labute approximate surface area is 98.9 Å². The maximum atomic E-state index is 12.3. The third-order valence-corrected chi connectivity index (χ3v) is 2.89. The molecule has 0 saturated heterocycles. The summed E-state index contributed by atoms with van der Waals surface area (Å²) in [4.78, 5) is 12.3. The van der Waals surface area contributed by atoms with Crippen molar-refractivity contribution < 1.29 is 4.79 Å². The second-order valence-electron chi connectivity index (χ2n) is 5.28. The van der Waals surface area contributed by atoms with E-state index in [-0.39, 0.29) is 11.2 Å². The monoisotopic (exact) mass is 218 g/mol. The van der Waals surface area contributed by atoms with Gasteiger partial charge in [0.2, 0.25) is 0 Å². The van der Waals surface area contributed by atoms with Gasteiger partial charge < -0.3 is 0 Å². The summed E-state index contributed by atoms with van der Waals surface area (Å²) in [6, 6.07) is 6.28. The molecule has 0 saturated carbocycles. The lowest BCUT2D eigenvalue weighted by molar-refractivity contribution is 0.0857. The average Bonchev–Trinajstić information content (AvgIpc) is 2.25. The summed E-state index contributed by atoms with van der Waals surface area (Å²) in [5.74, 6) is 0.250. The topological polar surface area (TPSA) is 17.1 Å². The first-order valence-electron chi connectivity index (χ1n) is 6.06. The van der Waals surface area contributed by atoms with Crippen LogP contribution in [-0.2, 0) is 12.8 Å². The van der Waals surface area contributed by atoms with Crippen molar-refractivity contribution in [3.63, 3.8) is 0 Å². The molecular formula is C15H22O. The van der Waals surface area contributed by atoms with E-state index in [1.165, 1.54) is 5.56 Å². The number of carbonyl (C=O) groups is 1. The van der Waals surface area contributed by atoms with Crippen molar-refractivity contribution in [2.45, 2.75) is 47.5 Å². The van der Waals surface area contributed by atoms with Crippen molar-refractivity contribution in [2.75, 3.05) is 0 Å². The van der Waals surface area contributed by atoms with Gasteiger partial charge >= 0.3 is 0 Å². The van der Waals surface area contributed by atoms with Crippen molar-refractivity contribution in [3.05, 3.63) is 34.9 Å². The summed E-state index contributed by atoms with van der Waals surface area (Å²) in [6.45, 7) is 10.2. The fraction of sp³-hybridized carbons (Fsp3) is 0.533. The van der Waals surface area contributed by atoms with Gasteiger partial charge in [-0.15, -0.1) is 0 Å². The maximum absolute atomic E-state index is 12.3. The molecule has 0 amide bonds. The molecule has 0 atom stereocenters. The van der Waals surface area contributed by atoms with E-state index in [1.807, 2.05) is 20.8 Å². The molecule has 16 heavy (non-hydrogen) atoms. The number of rotatable bonds is 3. The van der Waals surface area contributed by atoms with Crippen LogP contribution in [0.4, 0.5) is 0 Å². The molecule has 0 aliphatic carbocycles. The summed E-state index contributed by atoms with van der Waals surface area (Å²) < 4.78 is 0. The highest BCUT2D eigenvalue weighted by Gasteiger charge is 2.24. The van der Waals surface area contributed by atoms with Crippen LogP contribution in [0.3, 0.4) is 0 Å². The molecule has 0 N–H and O–H groups in total.